The van der Waals surface area contributed by atoms with E-state index in [-0.39, 0.29) is 12.3 Å². The number of Topliss-reactive ketones (excluding diaryl/α,β-unsaturated/α-hetero) is 1. The molecule has 0 radical (unpaired) electrons. The molecule has 84 valence electrons. The summed E-state index contributed by atoms with van der Waals surface area (Å²) in [6.45, 7) is 0.513. The number of rotatable bonds is 4. The number of aromatic nitrogens is 3. The molecular formula is C9H9BrN4OS. The zero-order valence-corrected chi connectivity index (χ0v) is 10.7. The van der Waals surface area contributed by atoms with Crippen LogP contribution in [0.2, 0.25) is 0 Å². The summed E-state index contributed by atoms with van der Waals surface area (Å²) in [7, 11) is 0. The van der Waals surface area contributed by atoms with Crippen molar-refractivity contribution in [2.45, 2.75) is 13.1 Å². The van der Waals surface area contributed by atoms with Crippen molar-refractivity contribution >= 4 is 33.0 Å². The average molecular weight is 301 g/mol. The van der Waals surface area contributed by atoms with Crippen LogP contribution in [0.4, 0.5) is 0 Å². The molecule has 0 atom stereocenters. The highest BCUT2D eigenvalue weighted by Gasteiger charge is 2.12. The van der Waals surface area contributed by atoms with Gasteiger partial charge in [-0.05, 0) is 15.9 Å². The molecule has 0 aromatic carbocycles. The van der Waals surface area contributed by atoms with Gasteiger partial charge in [0.2, 0.25) is 0 Å². The molecule has 0 saturated heterocycles. The van der Waals surface area contributed by atoms with Gasteiger partial charge in [-0.25, -0.2) is 4.68 Å². The van der Waals surface area contributed by atoms with Crippen LogP contribution in [-0.4, -0.2) is 20.8 Å². The summed E-state index contributed by atoms with van der Waals surface area (Å²) in [4.78, 5) is 11.9. The largest absolute Gasteiger partial charge is 0.325 e. The van der Waals surface area contributed by atoms with Crippen LogP contribution < -0.4 is 5.73 Å². The Morgan fingerprint density at radius 3 is 2.94 bits per heavy atom. The summed E-state index contributed by atoms with van der Waals surface area (Å²) in [6, 6.07) is 0. The summed E-state index contributed by atoms with van der Waals surface area (Å²) in [5.74, 6) is 0.00148. The molecule has 0 saturated carbocycles. The first-order valence-electron chi connectivity index (χ1n) is 4.54. The lowest BCUT2D eigenvalue weighted by Gasteiger charge is -1.98. The van der Waals surface area contributed by atoms with Crippen molar-refractivity contribution in [1.29, 1.82) is 0 Å². The Balaban J connectivity index is 2.11. The molecule has 0 spiro atoms. The van der Waals surface area contributed by atoms with Crippen molar-refractivity contribution in [3.63, 3.8) is 0 Å². The maximum Gasteiger partial charge on any atom is 0.186 e. The molecule has 2 heterocycles. The van der Waals surface area contributed by atoms with Crippen molar-refractivity contribution in [2.75, 3.05) is 0 Å². The van der Waals surface area contributed by atoms with Crippen LogP contribution in [0.25, 0.3) is 0 Å². The van der Waals surface area contributed by atoms with Crippen LogP contribution in [-0.2, 0) is 13.1 Å². The minimum atomic E-state index is 0.00148. The number of ketones is 1. The van der Waals surface area contributed by atoms with Crippen LogP contribution in [0, 0.1) is 0 Å². The zero-order valence-electron chi connectivity index (χ0n) is 8.26. The van der Waals surface area contributed by atoms with Crippen LogP contribution in [0.1, 0.15) is 16.1 Å². The van der Waals surface area contributed by atoms with Gasteiger partial charge in [-0.15, -0.1) is 5.10 Å². The normalized spacial score (nSPS) is 10.6. The molecule has 2 aromatic rings. The van der Waals surface area contributed by atoms with Gasteiger partial charge in [0, 0.05) is 27.3 Å². The highest BCUT2D eigenvalue weighted by molar-refractivity contribution is 9.10. The van der Waals surface area contributed by atoms with Crippen LogP contribution in [0.3, 0.4) is 0 Å². The second kappa shape index (κ2) is 4.86. The lowest BCUT2D eigenvalue weighted by atomic mass is 10.2. The van der Waals surface area contributed by atoms with Crippen molar-refractivity contribution in [1.82, 2.24) is 15.0 Å². The maximum atomic E-state index is 11.9. The van der Waals surface area contributed by atoms with Gasteiger partial charge < -0.3 is 5.73 Å². The van der Waals surface area contributed by atoms with Gasteiger partial charge in [0.15, 0.2) is 5.78 Å². The number of hydrogen-bond acceptors (Lipinski definition) is 5. The molecule has 5 nitrogen and oxygen atoms in total. The van der Waals surface area contributed by atoms with Gasteiger partial charge in [0.05, 0.1) is 11.9 Å². The fourth-order valence-electron chi connectivity index (χ4n) is 1.22. The summed E-state index contributed by atoms with van der Waals surface area (Å²) in [5, 5.41) is 11.3. The first kappa shape index (κ1) is 11.4. The predicted octanol–water partition coefficient (Wildman–Crippen LogP) is 1.44. The highest BCUT2D eigenvalue weighted by atomic mass is 79.9. The standard InChI is InChI=1S/C9H9BrN4OS/c10-8-5-16-4-7(8)9(15)3-14-2-6(1-11)12-13-14/h2,4-5H,1,3,11H2. The third kappa shape index (κ3) is 2.37. The van der Waals surface area contributed by atoms with Crippen molar-refractivity contribution in [3.8, 4) is 0 Å². The number of halogens is 1. The molecule has 16 heavy (non-hydrogen) atoms. The van der Waals surface area contributed by atoms with E-state index in [0.29, 0.717) is 17.8 Å². The Labute approximate surface area is 104 Å². The van der Waals surface area contributed by atoms with E-state index in [2.05, 4.69) is 26.2 Å². The first-order chi connectivity index (χ1) is 7.70. The van der Waals surface area contributed by atoms with Crippen LogP contribution >= 0.6 is 27.3 Å². The Hall–Kier alpha value is -1.05. The Bertz CT molecular complexity index is 507. The smallest absolute Gasteiger partial charge is 0.186 e. The van der Waals surface area contributed by atoms with Crippen molar-refractivity contribution < 1.29 is 4.79 Å². The monoisotopic (exact) mass is 300 g/mol. The van der Waals surface area contributed by atoms with E-state index >= 15 is 0 Å². The van der Waals surface area contributed by atoms with E-state index in [1.165, 1.54) is 16.0 Å². The second-order valence-electron chi connectivity index (χ2n) is 3.17. The number of thiophene rings is 1. The van der Waals surface area contributed by atoms with E-state index < -0.39 is 0 Å². The zero-order chi connectivity index (χ0) is 11.5. The molecular weight excluding hydrogens is 292 g/mol. The van der Waals surface area contributed by atoms with E-state index in [0.717, 1.165) is 4.47 Å². The lowest BCUT2D eigenvalue weighted by molar-refractivity contribution is 0.0966. The van der Waals surface area contributed by atoms with Gasteiger partial charge in [-0.3, -0.25) is 4.79 Å². The molecule has 2 N–H and O–H groups in total. The fraction of sp³-hybridized carbons (Fsp3) is 0.222. The van der Waals surface area contributed by atoms with Gasteiger partial charge in [-0.1, -0.05) is 5.21 Å². The summed E-state index contributed by atoms with van der Waals surface area (Å²) in [5.41, 5.74) is 6.76. The first-order valence-corrected chi connectivity index (χ1v) is 6.28. The van der Waals surface area contributed by atoms with E-state index in [9.17, 15) is 4.79 Å². The highest BCUT2D eigenvalue weighted by Crippen LogP contribution is 2.22. The number of carbonyl (C=O) groups is 1. The Kier molecular flexibility index (Phi) is 3.47. The number of nitrogens with two attached hydrogens (primary N) is 1. The lowest BCUT2D eigenvalue weighted by Crippen LogP contribution is -2.10. The fourth-order valence-corrected chi connectivity index (χ4v) is 2.74. The quantitative estimate of drug-likeness (QED) is 0.867. The topological polar surface area (TPSA) is 73.8 Å². The number of nitrogens with zero attached hydrogens (tertiary/aromatic N) is 3. The third-order valence-corrected chi connectivity index (χ3v) is 3.72. The molecule has 0 bridgehead atoms. The number of carbonyl (C=O) groups excluding carboxylic acids is 1. The molecule has 2 rings (SSSR count). The summed E-state index contributed by atoms with van der Waals surface area (Å²) < 4.78 is 2.32. The average Bonchev–Trinajstić information content (AvgIpc) is 2.86. The predicted molar refractivity (Wildman–Crippen MR) is 64.3 cm³/mol. The molecule has 0 aliphatic heterocycles. The molecule has 0 unspecified atom stereocenters. The van der Waals surface area contributed by atoms with Gasteiger partial charge in [0.1, 0.15) is 6.54 Å². The molecule has 0 aliphatic rings. The van der Waals surface area contributed by atoms with E-state index in [1.54, 1.807) is 6.20 Å². The second-order valence-corrected chi connectivity index (χ2v) is 4.77. The molecule has 7 heteroatoms. The Morgan fingerprint density at radius 2 is 2.38 bits per heavy atom. The van der Waals surface area contributed by atoms with Gasteiger partial charge in [-0.2, -0.15) is 11.3 Å². The maximum absolute atomic E-state index is 11.9. The van der Waals surface area contributed by atoms with Crippen LogP contribution in [0.5, 0.6) is 0 Å². The molecule has 0 fully saturated rings. The van der Waals surface area contributed by atoms with Crippen molar-refractivity contribution in [3.05, 3.63) is 32.7 Å². The van der Waals surface area contributed by atoms with Gasteiger partial charge >= 0.3 is 0 Å². The minimum absolute atomic E-state index is 0.00148. The Morgan fingerprint density at radius 1 is 1.56 bits per heavy atom. The third-order valence-electron chi connectivity index (χ3n) is 2.02. The molecule has 0 amide bonds. The van der Waals surface area contributed by atoms with Crippen molar-refractivity contribution in [2.24, 2.45) is 5.73 Å². The SMILES string of the molecule is NCc1cn(CC(=O)c2cscc2Br)nn1. The molecule has 2 aromatic heterocycles. The van der Waals surface area contributed by atoms with Crippen LogP contribution in [0.15, 0.2) is 21.4 Å². The number of hydrogen-bond donors (Lipinski definition) is 1. The van der Waals surface area contributed by atoms with E-state index in [1.807, 2.05) is 10.8 Å². The summed E-state index contributed by atoms with van der Waals surface area (Å²) in [6.07, 6.45) is 1.68. The summed E-state index contributed by atoms with van der Waals surface area (Å²) >= 11 is 4.81. The minimum Gasteiger partial charge on any atom is -0.325 e. The van der Waals surface area contributed by atoms with Gasteiger partial charge in [0.25, 0.3) is 0 Å². The molecule has 0 aliphatic carbocycles. The van der Waals surface area contributed by atoms with E-state index in [4.69, 9.17) is 5.73 Å².